The molecule has 4 nitrogen and oxygen atoms in total. The van der Waals surface area contributed by atoms with Gasteiger partial charge in [0.1, 0.15) is 0 Å². The first-order chi connectivity index (χ1) is 11.2. The van der Waals surface area contributed by atoms with Gasteiger partial charge in [-0.15, -0.1) is 0 Å². The van der Waals surface area contributed by atoms with Crippen LogP contribution in [0.4, 0.5) is 10.5 Å². The number of benzene rings is 2. The van der Waals surface area contributed by atoms with E-state index in [0.717, 1.165) is 30.5 Å². The van der Waals surface area contributed by atoms with E-state index in [0.29, 0.717) is 6.54 Å². The van der Waals surface area contributed by atoms with E-state index in [1.807, 2.05) is 42.5 Å². The van der Waals surface area contributed by atoms with E-state index in [-0.39, 0.29) is 18.1 Å². The van der Waals surface area contributed by atoms with Gasteiger partial charge in [-0.3, -0.25) is 0 Å². The molecule has 2 amide bonds. The summed E-state index contributed by atoms with van der Waals surface area (Å²) in [5.74, 6) is 0. The number of anilines is 1. The monoisotopic (exact) mass is 310 g/mol. The fourth-order valence-corrected chi connectivity index (χ4v) is 2.61. The van der Waals surface area contributed by atoms with Crippen molar-refractivity contribution in [3.05, 3.63) is 65.7 Å². The molecule has 0 saturated heterocycles. The van der Waals surface area contributed by atoms with Gasteiger partial charge in [-0.2, -0.15) is 0 Å². The molecule has 0 bridgehead atoms. The number of urea groups is 1. The highest BCUT2D eigenvalue weighted by atomic mass is 16.3. The summed E-state index contributed by atoms with van der Waals surface area (Å²) in [5.41, 5.74) is 3.03. The van der Waals surface area contributed by atoms with Crippen molar-refractivity contribution in [3.8, 4) is 0 Å². The summed E-state index contributed by atoms with van der Waals surface area (Å²) in [6.07, 6.45) is 2.74. The molecule has 1 saturated carbocycles. The second kappa shape index (κ2) is 6.84. The number of aliphatic hydroxyl groups excluding tert-OH is 1. The quantitative estimate of drug-likeness (QED) is 0.767. The number of para-hydroxylation sites is 1. The van der Waals surface area contributed by atoms with Crippen molar-refractivity contribution in [3.63, 3.8) is 0 Å². The third-order valence-corrected chi connectivity index (χ3v) is 4.42. The van der Waals surface area contributed by atoms with Gasteiger partial charge in [-0.1, -0.05) is 48.5 Å². The highest BCUT2D eigenvalue weighted by molar-refractivity contribution is 5.90. The van der Waals surface area contributed by atoms with Crippen LogP contribution in [0.3, 0.4) is 0 Å². The molecule has 0 atom stereocenters. The number of rotatable bonds is 6. The average molecular weight is 310 g/mol. The second-order valence-electron chi connectivity index (χ2n) is 6.29. The van der Waals surface area contributed by atoms with E-state index in [9.17, 15) is 9.90 Å². The van der Waals surface area contributed by atoms with E-state index in [2.05, 4.69) is 22.8 Å². The molecule has 2 aromatic rings. The summed E-state index contributed by atoms with van der Waals surface area (Å²) in [6, 6.07) is 17.8. The Morgan fingerprint density at radius 1 is 1.04 bits per heavy atom. The van der Waals surface area contributed by atoms with Crippen molar-refractivity contribution in [2.24, 2.45) is 5.41 Å². The Morgan fingerprint density at radius 2 is 1.74 bits per heavy atom. The summed E-state index contributed by atoms with van der Waals surface area (Å²) in [7, 11) is 0. The molecule has 2 aromatic carbocycles. The number of carbonyl (C=O) groups is 1. The smallest absolute Gasteiger partial charge is 0.319 e. The number of aliphatic hydroxyl groups is 1. The predicted octanol–water partition coefficient (Wildman–Crippen LogP) is 3.17. The third-order valence-electron chi connectivity index (χ3n) is 4.42. The molecular formula is C19H22N2O2. The molecule has 3 N–H and O–H groups in total. The molecule has 0 heterocycles. The molecule has 0 aromatic heterocycles. The van der Waals surface area contributed by atoms with Gasteiger partial charge in [-0.05, 0) is 36.5 Å². The molecular weight excluding hydrogens is 288 g/mol. The lowest BCUT2D eigenvalue weighted by Gasteiger charge is -2.15. The maximum atomic E-state index is 12.1. The number of hydrogen-bond donors (Lipinski definition) is 3. The maximum Gasteiger partial charge on any atom is 0.319 e. The van der Waals surface area contributed by atoms with Gasteiger partial charge in [0.05, 0.1) is 6.61 Å². The summed E-state index contributed by atoms with van der Waals surface area (Å²) in [5, 5.41) is 15.1. The Hall–Kier alpha value is -2.33. The molecule has 0 spiro atoms. The summed E-state index contributed by atoms with van der Waals surface area (Å²) in [4.78, 5) is 12.1. The fraction of sp³-hybridized carbons (Fsp3) is 0.316. The molecule has 3 rings (SSSR count). The van der Waals surface area contributed by atoms with E-state index in [1.165, 1.54) is 5.56 Å². The van der Waals surface area contributed by atoms with Crippen LogP contribution in [0.1, 0.15) is 24.0 Å². The molecule has 4 heteroatoms. The van der Waals surface area contributed by atoms with Crippen LogP contribution in [0, 0.1) is 5.41 Å². The van der Waals surface area contributed by atoms with Crippen LogP contribution in [-0.2, 0) is 6.42 Å². The van der Waals surface area contributed by atoms with Crippen LogP contribution >= 0.6 is 0 Å². The highest BCUT2D eigenvalue weighted by Crippen LogP contribution is 2.44. The molecule has 23 heavy (non-hydrogen) atoms. The Morgan fingerprint density at radius 3 is 2.43 bits per heavy atom. The van der Waals surface area contributed by atoms with E-state index >= 15 is 0 Å². The minimum atomic E-state index is -0.217. The van der Waals surface area contributed by atoms with Gasteiger partial charge in [0.25, 0.3) is 0 Å². The molecule has 1 aliphatic rings. The molecule has 0 unspecified atom stereocenters. The van der Waals surface area contributed by atoms with Crippen LogP contribution in [0.5, 0.6) is 0 Å². The van der Waals surface area contributed by atoms with Crippen molar-refractivity contribution >= 4 is 11.7 Å². The van der Waals surface area contributed by atoms with Crippen molar-refractivity contribution in [2.75, 3.05) is 18.5 Å². The molecule has 0 radical (unpaired) electrons. The Bertz CT molecular complexity index is 666. The first kappa shape index (κ1) is 15.6. The van der Waals surface area contributed by atoms with Crippen molar-refractivity contribution < 1.29 is 9.90 Å². The van der Waals surface area contributed by atoms with Gasteiger partial charge < -0.3 is 15.7 Å². The van der Waals surface area contributed by atoms with Crippen LogP contribution in [0.15, 0.2) is 54.6 Å². The lowest BCUT2D eigenvalue weighted by Crippen LogP contribution is -2.35. The van der Waals surface area contributed by atoms with Crippen molar-refractivity contribution in [1.29, 1.82) is 0 Å². The zero-order valence-electron chi connectivity index (χ0n) is 13.1. The number of nitrogens with one attached hydrogen (secondary N) is 2. The van der Waals surface area contributed by atoms with Gasteiger partial charge in [0, 0.05) is 17.6 Å². The largest absolute Gasteiger partial charge is 0.396 e. The SMILES string of the molecule is O=C(NCC1(CO)CC1)Nc1ccccc1Cc1ccccc1. The second-order valence-corrected chi connectivity index (χ2v) is 6.29. The molecule has 1 aliphatic carbocycles. The van der Waals surface area contributed by atoms with Crippen LogP contribution in [0.25, 0.3) is 0 Å². The highest BCUT2D eigenvalue weighted by Gasteiger charge is 2.42. The minimum Gasteiger partial charge on any atom is -0.396 e. The van der Waals surface area contributed by atoms with Crippen LogP contribution in [0.2, 0.25) is 0 Å². The van der Waals surface area contributed by atoms with Gasteiger partial charge in [0.2, 0.25) is 0 Å². The first-order valence-electron chi connectivity index (χ1n) is 7.98. The summed E-state index contributed by atoms with van der Waals surface area (Å²) >= 11 is 0. The zero-order valence-corrected chi connectivity index (χ0v) is 13.1. The summed E-state index contributed by atoms with van der Waals surface area (Å²) in [6.45, 7) is 0.661. The predicted molar refractivity (Wildman–Crippen MR) is 91.5 cm³/mol. The Kier molecular flexibility index (Phi) is 4.63. The molecule has 120 valence electrons. The van der Waals surface area contributed by atoms with E-state index in [1.54, 1.807) is 0 Å². The lowest BCUT2D eigenvalue weighted by molar-refractivity contribution is 0.206. The molecule has 1 fully saturated rings. The van der Waals surface area contributed by atoms with E-state index < -0.39 is 0 Å². The topological polar surface area (TPSA) is 61.4 Å². The van der Waals surface area contributed by atoms with Crippen LogP contribution in [-0.4, -0.2) is 24.3 Å². The third kappa shape index (κ3) is 4.11. The zero-order chi connectivity index (χ0) is 16.1. The minimum absolute atomic E-state index is 0.0824. The fourth-order valence-electron chi connectivity index (χ4n) is 2.61. The van der Waals surface area contributed by atoms with E-state index in [4.69, 9.17) is 0 Å². The van der Waals surface area contributed by atoms with Gasteiger partial charge >= 0.3 is 6.03 Å². The van der Waals surface area contributed by atoms with Crippen LogP contribution < -0.4 is 10.6 Å². The maximum absolute atomic E-state index is 12.1. The first-order valence-corrected chi connectivity index (χ1v) is 7.98. The lowest BCUT2D eigenvalue weighted by atomic mass is 10.0. The average Bonchev–Trinajstić information content (AvgIpc) is 3.36. The number of hydrogen-bond acceptors (Lipinski definition) is 2. The molecule has 0 aliphatic heterocycles. The Labute approximate surface area is 136 Å². The Balaban J connectivity index is 1.62. The van der Waals surface area contributed by atoms with Crippen molar-refractivity contribution in [1.82, 2.24) is 5.32 Å². The standard InChI is InChI=1S/C19H22N2O2/c22-14-19(10-11-19)13-20-18(23)21-17-9-5-4-8-16(17)12-15-6-2-1-3-7-15/h1-9,22H,10-14H2,(H2,20,21,23). The number of carbonyl (C=O) groups excluding carboxylic acids is 1. The summed E-state index contributed by atoms with van der Waals surface area (Å²) < 4.78 is 0. The van der Waals surface area contributed by atoms with Gasteiger partial charge in [0.15, 0.2) is 0 Å². The normalized spacial score (nSPS) is 15.0. The van der Waals surface area contributed by atoms with Crippen molar-refractivity contribution in [2.45, 2.75) is 19.3 Å². The van der Waals surface area contributed by atoms with Gasteiger partial charge in [-0.25, -0.2) is 4.79 Å². The number of amides is 2.